The van der Waals surface area contributed by atoms with Gasteiger partial charge < -0.3 is 14.1 Å². The van der Waals surface area contributed by atoms with Crippen LogP contribution < -0.4 is 4.74 Å². The van der Waals surface area contributed by atoms with E-state index in [4.69, 9.17) is 9.15 Å². The zero-order valence-electron chi connectivity index (χ0n) is 15.7. The topological polar surface area (TPSA) is 55.6 Å². The van der Waals surface area contributed by atoms with Gasteiger partial charge in [0.15, 0.2) is 11.7 Å². The number of oxazole rings is 1. The molecule has 1 amide bonds. The maximum Gasteiger partial charge on any atom is 0.223 e. The zero-order valence-corrected chi connectivity index (χ0v) is 15.7. The minimum absolute atomic E-state index is 0.0587. The molecule has 0 spiro atoms. The molecule has 0 aliphatic heterocycles. The molecule has 27 heavy (non-hydrogen) atoms. The molecular formula is C22H24N2O3. The lowest BCUT2D eigenvalue weighted by atomic mass is 10.2. The van der Waals surface area contributed by atoms with Crippen molar-refractivity contribution in [2.24, 2.45) is 0 Å². The van der Waals surface area contributed by atoms with Crippen molar-refractivity contribution in [3.8, 4) is 17.1 Å². The molecule has 3 rings (SSSR count). The lowest BCUT2D eigenvalue weighted by Gasteiger charge is -2.17. The highest BCUT2D eigenvalue weighted by Gasteiger charge is 2.12. The first-order valence-corrected chi connectivity index (χ1v) is 9.11. The van der Waals surface area contributed by atoms with Gasteiger partial charge in [0, 0.05) is 32.0 Å². The second-order valence-electron chi connectivity index (χ2n) is 6.31. The van der Waals surface area contributed by atoms with Crippen LogP contribution in [0.1, 0.15) is 24.8 Å². The Bertz CT molecular complexity index is 857. The van der Waals surface area contributed by atoms with E-state index in [1.807, 2.05) is 68.6 Å². The van der Waals surface area contributed by atoms with Crippen molar-refractivity contribution >= 4 is 5.91 Å². The van der Waals surface area contributed by atoms with Crippen molar-refractivity contribution in [2.75, 3.05) is 13.7 Å². The van der Waals surface area contributed by atoms with Crippen LogP contribution in [0.2, 0.25) is 0 Å². The van der Waals surface area contributed by atoms with Crippen LogP contribution in [-0.2, 0) is 17.8 Å². The summed E-state index contributed by atoms with van der Waals surface area (Å²) in [7, 11) is 1.81. The minimum Gasteiger partial charge on any atom is -0.494 e. The molecule has 2 aromatic carbocycles. The second kappa shape index (κ2) is 9.03. The molecule has 0 bridgehead atoms. The molecule has 0 saturated carbocycles. The highest BCUT2D eigenvalue weighted by atomic mass is 16.5. The number of aryl methyl sites for hydroxylation is 1. The number of benzene rings is 2. The number of hydrogen-bond donors (Lipinski definition) is 0. The van der Waals surface area contributed by atoms with Crippen molar-refractivity contribution in [2.45, 2.75) is 26.3 Å². The fraction of sp³-hybridized carbons (Fsp3) is 0.273. The lowest BCUT2D eigenvalue weighted by molar-refractivity contribution is -0.130. The van der Waals surface area contributed by atoms with Crippen LogP contribution in [0, 0.1) is 0 Å². The van der Waals surface area contributed by atoms with Gasteiger partial charge in [-0.05, 0) is 24.6 Å². The maximum atomic E-state index is 12.4. The van der Waals surface area contributed by atoms with Crippen molar-refractivity contribution in [3.05, 3.63) is 72.2 Å². The number of carbonyl (C=O) groups excluding carboxylic acids is 1. The van der Waals surface area contributed by atoms with E-state index in [9.17, 15) is 4.79 Å². The van der Waals surface area contributed by atoms with Gasteiger partial charge in [0.25, 0.3) is 0 Å². The van der Waals surface area contributed by atoms with Gasteiger partial charge in [-0.2, -0.15) is 0 Å². The van der Waals surface area contributed by atoms with E-state index in [-0.39, 0.29) is 5.91 Å². The Kier molecular flexibility index (Phi) is 6.26. The van der Waals surface area contributed by atoms with E-state index < -0.39 is 0 Å². The Morgan fingerprint density at radius 2 is 1.85 bits per heavy atom. The monoisotopic (exact) mass is 364 g/mol. The van der Waals surface area contributed by atoms with Gasteiger partial charge >= 0.3 is 0 Å². The van der Waals surface area contributed by atoms with Gasteiger partial charge in [-0.3, -0.25) is 4.79 Å². The molecule has 0 aliphatic carbocycles. The Labute approximate surface area is 159 Å². The summed E-state index contributed by atoms with van der Waals surface area (Å²) in [6.07, 6.45) is 2.56. The average Bonchev–Trinajstić information content (AvgIpc) is 3.17. The van der Waals surface area contributed by atoms with Crippen LogP contribution in [0.25, 0.3) is 11.3 Å². The fourth-order valence-corrected chi connectivity index (χ4v) is 2.79. The third kappa shape index (κ3) is 5.20. The number of carbonyl (C=O) groups is 1. The fourth-order valence-electron chi connectivity index (χ4n) is 2.79. The first-order valence-electron chi connectivity index (χ1n) is 9.11. The van der Waals surface area contributed by atoms with Gasteiger partial charge in [-0.15, -0.1) is 0 Å². The summed E-state index contributed by atoms with van der Waals surface area (Å²) in [4.78, 5) is 18.4. The SMILES string of the molecule is CCOc1ccc(CN(C)C(=O)CCc2ncc(-c3ccccc3)o2)cc1. The highest BCUT2D eigenvalue weighted by molar-refractivity contribution is 5.76. The van der Waals surface area contributed by atoms with Crippen LogP contribution in [0.5, 0.6) is 5.75 Å². The van der Waals surface area contributed by atoms with Crippen LogP contribution in [-0.4, -0.2) is 29.4 Å². The second-order valence-corrected chi connectivity index (χ2v) is 6.31. The Morgan fingerprint density at radius 1 is 1.11 bits per heavy atom. The van der Waals surface area contributed by atoms with Crippen molar-refractivity contribution < 1.29 is 13.9 Å². The van der Waals surface area contributed by atoms with E-state index >= 15 is 0 Å². The minimum atomic E-state index is 0.0587. The predicted molar refractivity (Wildman–Crippen MR) is 104 cm³/mol. The van der Waals surface area contributed by atoms with Gasteiger partial charge in [0.1, 0.15) is 5.75 Å². The van der Waals surface area contributed by atoms with Gasteiger partial charge in [0.05, 0.1) is 12.8 Å². The van der Waals surface area contributed by atoms with Crippen molar-refractivity contribution in [1.82, 2.24) is 9.88 Å². The normalized spacial score (nSPS) is 10.6. The quantitative estimate of drug-likeness (QED) is 0.597. The number of rotatable bonds is 8. The third-order valence-corrected chi connectivity index (χ3v) is 4.24. The first kappa shape index (κ1) is 18.7. The Hall–Kier alpha value is -3.08. The molecule has 0 unspecified atom stereocenters. The number of nitrogens with zero attached hydrogens (tertiary/aromatic N) is 2. The van der Waals surface area contributed by atoms with Crippen LogP contribution in [0.3, 0.4) is 0 Å². The van der Waals surface area contributed by atoms with Crippen LogP contribution in [0.4, 0.5) is 0 Å². The summed E-state index contributed by atoms with van der Waals surface area (Å²) >= 11 is 0. The average molecular weight is 364 g/mol. The van der Waals surface area contributed by atoms with Gasteiger partial charge in [0.2, 0.25) is 5.91 Å². The molecule has 3 aromatic rings. The molecule has 1 aromatic heterocycles. The van der Waals surface area contributed by atoms with Crippen LogP contribution in [0.15, 0.2) is 65.2 Å². The summed E-state index contributed by atoms with van der Waals surface area (Å²) < 4.78 is 11.2. The van der Waals surface area contributed by atoms with Gasteiger partial charge in [-0.1, -0.05) is 42.5 Å². The molecule has 5 heteroatoms. The highest BCUT2D eigenvalue weighted by Crippen LogP contribution is 2.20. The van der Waals surface area contributed by atoms with E-state index in [1.165, 1.54) is 0 Å². The van der Waals surface area contributed by atoms with E-state index in [0.717, 1.165) is 22.6 Å². The number of ether oxygens (including phenoxy) is 1. The summed E-state index contributed by atoms with van der Waals surface area (Å²) in [6.45, 7) is 3.16. The summed E-state index contributed by atoms with van der Waals surface area (Å²) in [6, 6.07) is 17.6. The van der Waals surface area contributed by atoms with E-state index in [2.05, 4.69) is 4.98 Å². The standard InChI is InChI=1S/C22H24N2O3/c1-3-26-19-11-9-17(10-12-19)16-24(2)22(25)14-13-21-23-15-20(27-21)18-7-5-4-6-8-18/h4-12,15H,3,13-14,16H2,1-2H3. The summed E-state index contributed by atoms with van der Waals surface area (Å²) in [5.74, 6) is 2.20. The molecule has 0 aliphatic rings. The maximum absolute atomic E-state index is 12.4. The Morgan fingerprint density at radius 3 is 2.56 bits per heavy atom. The molecule has 5 nitrogen and oxygen atoms in total. The first-order chi connectivity index (χ1) is 13.2. The van der Waals surface area contributed by atoms with Gasteiger partial charge in [-0.25, -0.2) is 4.98 Å². The Balaban J connectivity index is 1.50. The molecule has 0 radical (unpaired) electrons. The smallest absolute Gasteiger partial charge is 0.223 e. The molecule has 1 heterocycles. The van der Waals surface area contributed by atoms with Crippen molar-refractivity contribution in [3.63, 3.8) is 0 Å². The molecular weight excluding hydrogens is 340 g/mol. The largest absolute Gasteiger partial charge is 0.494 e. The van der Waals surface area contributed by atoms with Crippen LogP contribution >= 0.6 is 0 Å². The predicted octanol–water partition coefficient (Wildman–Crippen LogP) is 4.33. The van der Waals surface area contributed by atoms with Crippen molar-refractivity contribution in [1.29, 1.82) is 0 Å². The molecule has 0 atom stereocenters. The van der Waals surface area contributed by atoms with E-state index in [0.29, 0.717) is 31.9 Å². The zero-order chi connectivity index (χ0) is 19.1. The number of aromatic nitrogens is 1. The molecule has 0 N–H and O–H groups in total. The lowest BCUT2D eigenvalue weighted by Crippen LogP contribution is -2.26. The van der Waals surface area contributed by atoms with E-state index in [1.54, 1.807) is 11.1 Å². The number of hydrogen-bond acceptors (Lipinski definition) is 4. The number of amides is 1. The molecule has 140 valence electrons. The third-order valence-electron chi connectivity index (χ3n) is 4.24. The molecule has 0 saturated heterocycles. The molecule has 0 fully saturated rings. The summed E-state index contributed by atoms with van der Waals surface area (Å²) in [5, 5.41) is 0. The summed E-state index contributed by atoms with van der Waals surface area (Å²) in [5.41, 5.74) is 2.05.